The van der Waals surface area contributed by atoms with Gasteiger partial charge in [-0.1, -0.05) is 0 Å². The summed E-state index contributed by atoms with van der Waals surface area (Å²) in [5.74, 6) is -1.29. The van der Waals surface area contributed by atoms with E-state index in [9.17, 15) is 19.2 Å². The number of hydrogen-bond acceptors (Lipinski definition) is 7. The molecule has 0 aliphatic carbocycles. The molecule has 0 rings (SSSR count). The van der Waals surface area contributed by atoms with Gasteiger partial charge in [0.15, 0.2) is 0 Å². The van der Waals surface area contributed by atoms with E-state index in [-0.39, 0.29) is 24.4 Å². The third-order valence-corrected chi connectivity index (χ3v) is 3.18. The summed E-state index contributed by atoms with van der Waals surface area (Å²) in [7, 11) is 2.51. The minimum Gasteiger partial charge on any atom is -0.469 e. The molecule has 0 atom stereocenters. The second-order valence-electron chi connectivity index (χ2n) is 3.49. The van der Waals surface area contributed by atoms with Gasteiger partial charge in [-0.15, -0.1) is 0 Å². The van der Waals surface area contributed by atoms with Crippen molar-refractivity contribution < 1.29 is 31.5 Å². The Morgan fingerprint density at radius 1 is 0.850 bits per heavy atom. The van der Waals surface area contributed by atoms with Crippen molar-refractivity contribution in [2.75, 3.05) is 20.8 Å². The Bertz CT molecular complexity index is 272. The molecule has 0 aromatic carbocycles. The van der Waals surface area contributed by atoms with Gasteiger partial charge in [-0.3, -0.25) is 19.2 Å². The normalized spacial score (nSPS) is 8.05. The second kappa shape index (κ2) is 18.1. The maximum absolute atomic E-state index is 10.2. The largest absolute Gasteiger partial charge is 0.469 e. The van der Waals surface area contributed by atoms with E-state index < -0.39 is 11.9 Å². The van der Waals surface area contributed by atoms with E-state index in [0.29, 0.717) is 24.8 Å². The van der Waals surface area contributed by atoms with E-state index in [1.165, 1.54) is 28.1 Å². The predicted octanol–water partition coefficient (Wildman–Crippen LogP) is -0.152. The fraction of sp³-hybridized carbons (Fsp3) is 0.667. The van der Waals surface area contributed by atoms with E-state index in [4.69, 9.17) is 2.85 Å². The van der Waals surface area contributed by atoms with Crippen LogP contribution in [0.15, 0.2) is 0 Å². The standard InChI is InChI=1S/2C5H8O3.C2H5O.In.2H/c2*1-4(6)3-5(7)8-2;1-2-3;;;/h2*3H2,1-2H3;2H2,1H3;;;/q;;-1;+1;;. The van der Waals surface area contributed by atoms with Gasteiger partial charge < -0.3 is 9.47 Å². The molecule has 20 heavy (non-hydrogen) atoms. The number of carbonyl (C=O) groups is 4. The molecular formula is C12H23InO7. The monoisotopic (exact) mass is 394 g/mol. The summed E-state index contributed by atoms with van der Waals surface area (Å²) in [6.07, 6.45) is -0.229. The molecule has 0 unspecified atom stereocenters. The van der Waals surface area contributed by atoms with Crippen molar-refractivity contribution in [1.29, 1.82) is 0 Å². The van der Waals surface area contributed by atoms with Gasteiger partial charge in [-0.2, -0.15) is 0 Å². The Kier molecular flexibility index (Phi) is 21.9. The summed E-state index contributed by atoms with van der Waals surface area (Å²) in [5.41, 5.74) is 0. The third kappa shape index (κ3) is 30.3. The summed E-state index contributed by atoms with van der Waals surface area (Å²) in [5, 5.41) is 0. The molecule has 0 saturated heterocycles. The van der Waals surface area contributed by atoms with Crippen LogP contribution in [0.1, 0.15) is 33.6 Å². The predicted molar refractivity (Wildman–Crippen MR) is 74.8 cm³/mol. The molecule has 7 nitrogen and oxygen atoms in total. The minimum atomic E-state index is -0.475. The molecule has 0 aromatic rings. The van der Waals surface area contributed by atoms with E-state index in [1.807, 2.05) is 6.92 Å². The van der Waals surface area contributed by atoms with E-state index in [0.717, 1.165) is 6.61 Å². The molecule has 0 bridgehead atoms. The van der Waals surface area contributed by atoms with Gasteiger partial charge >= 0.3 is 53.1 Å². The second-order valence-corrected chi connectivity index (χ2v) is 5.14. The summed E-state index contributed by atoms with van der Waals surface area (Å²) >= 11 is 0.485. The number of carbonyl (C=O) groups excluding carboxylic acids is 4. The summed E-state index contributed by atoms with van der Waals surface area (Å²) in [6, 6.07) is 0. The molecule has 0 N–H and O–H groups in total. The van der Waals surface area contributed by atoms with Crippen LogP contribution >= 0.6 is 0 Å². The SMILES string of the molecule is CC[O][InH2].COC(=O)CC(C)=O.COC(=O)CC(C)=O. The molecule has 0 aliphatic rings. The van der Waals surface area contributed by atoms with Crippen molar-refractivity contribution >= 4 is 48.3 Å². The Balaban J connectivity index is -0.000000230. The van der Waals surface area contributed by atoms with Crippen LogP contribution in [0.3, 0.4) is 0 Å². The maximum atomic E-state index is 10.2. The number of rotatable bonds is 5. The maximum Gasteiger partial charge on any atom is 0.313 e. The smallest absolute Gasteiger partial charge is 0.313 e. The van der Waals surface area contributed by atoms with Gasteiger partial charge in [0.25, 0.3) is 0 Å². The molecule has 0 saturated carbocycles. The fourth-order valence-corrected chi connectivity index (χ4v) is 0.551. The van der Waals surface area contributed by atoms with Crippen LogP contribution in [0, 0.1) is 0 Å². The first-order valence-corrected chi connectivity index (χ1v) is 8.19. The molecule has 0 spiro atoms. The average molecular weight is 394 g/mol. The molecule has 0 fully saturated rings. The average Bonchev–Trinajstić information content (AvgIpc) is 2.38. The number of ketones is 2. The van der Waals surface area contributed by atoms with Gasteiger partial charge in [-0.05, 0) is 13.8 Å². The zero-order valence-electron chi connectivity index (χ0n) is 13.0. The molecule has 0 amide bonds. The molecule has 8 heteroatoms. The summed E-state index contributed by atoms with van der Waals surface area (Å²) in [4.78, 5) is 40.6. The number of ether oxygens (including phenoxy) is 2. The van der Waals surface area contributed by atoms with E-state index >= 15 is 0 Å². The molecule has 0 aromatic heterocycles. The summed E-state index contributed by atoms with van der Waals surface area (Å²) in [6.45, 7) is 5.61. The van der Waals surface area contributed by atoms with Gasteiger partial charge in [0.05, 0.1) is 14.2 Å². The van der Waals surface area contributed by atoms with Crippen molar-refractivity contribution in [3.63, 3.8) is 0 Å². The Labute approximate surface area is 134 Å². The van der Waals surface area contributed by atoms with Crippen molar-refractivity contribution in [3.8, 4) is 0 Å². The number of methoxy groups -OCH3 is 2. The number of hydrogen-bond donors (Lipinski definition) is 0. The summed E-state index contributed by atoms with van der Waals surface area (Å²) < 4.78 is 13.2. The van der Waals surface area contributed by atoms with Gasteiger partial charge in [-0.25, -0.2) is 0 Å². The van der Waals surface area contributed by atoms with Crippen molar-refractivity contribution in [2.24, 2.45) is 0 Å². The third-order valence-electron chi connectivity index (χ3n) is 1.53. The molecular weight excluding hydrogens is 371 g/mol. The molecule has 0 radical (unpaired) electrons. The Morgan fingerprint density at radius 2 is 1.10 bits per heavy atom. The van der Waals surface area contributed by atoms with Gasteiger partial charge in [0.2, 0.25) is 0 Å². The van der Waals surface area contributed by atoms with Crippen LogP contribution in [-0.4, -0.2) is 69.1 Å². The van der Waals surface area contributed by atoms with E-state index in [1.54, 1.807) is 0 Å². The van der Waals surface area contributed by atoms with Gasteiger partial charge in [0.1, 0.15) is 24.4 Å². The van der Waals surface area contributed by atoms with Crippen molar-refractivity contribution in [3.05, 3.63) is 0 Å². The van der Waals surface area contributed by atoms with Crippen LogP contribution in [0.5, 0.6) is 0 Å². The quantitative estimate of drug-likeness (QED) is 0.473. The van der Waals surface area contributed by atoms with Crippen molar-refractivity contribution in [1.82, 2.24) is 0 Å². The van der Waals surface area contributed by atoms with Gasteiger partial charge in [0, 0.05) is 0 Å². The molecule has 116 valence electrons. The Hall–Kier alpha value is -0.890. The van der Waals surface area contributed by atoms with Crippen LogP contribution in [0.4, 0.5) is 0 Å². The molecule has 0 heterocycles. The van der Waals surface area contributed by atoms with Crippen LogP contribution < -0.4 is 0 Å². The zero-order chi connectivity index (χ0) is 16.6. The van der Waals surface area contributed by atoms with Crippen LogP contribution in [-0.2, 0) is 31.5 Å². The minimum absolute atomic E-state index is 0.115. The number of esters is 2. The van der Waals surface area contributed by atoms with E-state index in [2.05, 4.69) is 9.47 Å². The first-order valence-electron chi connectivity index (χ1n) is 5.86. The fourth-order valence-electron chi connectivity index (χ4n) is 0.551. The molecule has 0 aliphatic heterocycles. The topological polar surface area (TPSA) is 96.0 Å². The van der Waals surface area contributed by atoms with Crippen LogP contribution in [0.25, 0.3) is 0 Å². The Morgan fingerprint density at radius 3 is 1.15 bits per heavy atom. The zero-order valence-corrected chi connectivity index (χ0v) is 18.7. The first kappa shape index (κ1) is 24.1. The van der Waals surface area contributed by atoms with Crippen LogP contribution in [0.2, 0.25) is 0 Å². The number of Topliss-reactive ketones (excluding diaryl/α,β-unsaturated/α-hetero) is 2. The van der Waals surface area contributed by atoms with Crippen molar-refractivity contribution in [2.45, 2.75) is 33.6 Å². The first-order chi connectivity index (χ1) is 9.24.